The van der Waals surface area contributed by atoms with Gasteiger partial charge in [0, 0.05) is 6.04 Å². The number of benzene rings is 1. The van der Waals surface area contributed by atoms with Crippen LogP contribution in [0.1, 0.15) is 43.5 Å². The van der Waals surface area contributed by atoms with Gasteiger partial charge in [0.15, 0.2) is 0 Å². The molecule has 1 unspecified atom stereocenters. The van der Waals surface area contributed by atoms with E-state index in [4.69, 9.17) is 0 Å². The lowest BCUT2D eigenvalue weighted by molar-refractivity contribution is -0.121. The van der Waals surface area contributed by atoms with Crippen LogP contribution >= 0.6 is 0 Å². The number of hydrogen-bond acceptors (Lipinski definition) is 2. The van der Waals surface area contributed by atoms with Gasteiger partial charge in [0.05, 0.1) is 12.6 Å². The number of nitrogens with one attached hydrogen (secondary N) is 2. The summed E-state index contributed by atoms with van der Waals surface area (Å²) in [6.45, 7) is 10.6. The maximum atomic E-state index is 11.8. The summed E-state index contributed by atoms with van der Waals surface area (Å²) in [5.41, 5.74) is 3.62. The highest BCUT2D eigenvalue weighted by atomic mass is 16.1. The van der Waals surface area contributed by atoms with Gasteiger partial charge in [0.2, 0.25) is 5.91 Å². The van der Waals surface area contributed by atoms with Crippen molar-refractivity contribution in [1.82, 2.24) is 10.6 Å². The van der Waals surface area contributed by atoms with Crippen LogP contribution in [0.3, 0.4) is 0 Å². The van der Waals surface area contributed by atoms with Gasteiger partial charge in [-0.3, -0.25) is 4.79 Å². The quantitative estimate of drug-likeness (QED) is 0.840. The van der Waals surface area contributed by atoms with Crippen molar-refractivity contribution in [3.8, 4) is 0 Å². The maximum absolute atomic E-state index is 11.8. The largest absolute Gasteiger partial charge is 0.348 e. The molecule has 0 fully saturated rings. The van der Waals surface area contributed by atoms with Gasteiger partial charge >= 0.3 is 0 Å². The number of hydrogen-bond donors (Lipinski definition) is 2. The molecule has 0 saturated heterocycles. The molecule has 1 aromatic rings. The Morgan fingerprint density at radius 1 is 1.22 bits per heavy atom. The summed E-state index contributed by atoms with van der Waals surface area (Å²) in [5, 5.41) is 6.13. The maximum Gasteiger partial charge on any atom is 0.234 e. The predicted molar refractivity (Wildman–Crippen MR) is 75.6 cm³/mol. The Hall–Kier alpha value is -1.35. The standard InChI is InChI=1S/C15H24N2O/c1-10(2)16-9-15(18)17-13(5)14-8-11(3)6-7-12(14)4/h6-8,10,13,16H,9H2,1-5H3,(H,17,18). The molecular weight excluding hydrogens is 224 g/mol. The number of carbonyl (C=O) groups is 1. The van der Waals surface area contributed by atoms with E-state index in [1.807, 2.05) is 20.8 Å². The van der Waals surface area contributed by atoms with E-state index in [1.165, 1.54) is 16.7 Å². The summed E-state index contributed by atoms with van der Waals surface area (Å²) in [6, 6.07) is 6.70. The minimum atomic E-state index is 0.0390. The van der Waals surface area contributed by atoms with E-state index < -0.39 is 0 Å². The lowest BCUT2D eigenvalue weighted by atomic mass is 10.00. The Labute approximate surface area is 110 Å². The van der Waals surface area contributed by atoms with Gasteiger partial charge in [-0.25, -0.2) is 0 Å². The number of carbonyl (C=O) groups excluding carboxylic acids is 1. The zero-order valence-corrected chi connectivity index (χ0v) is 12.0. The zero-order valence-electron chi connectivity index (χ0n) is 12.0. The Balaban J connectivity index is 2.62. The van der Waals surface area contributed by atoms with E-state index >= 15 is 0 Å². The molecule has 0 aromatic heterocycles. The smallest absolute Gasteiger partial charge is 0.234 e. The highest BCUT2D eigenvalue weighted by Gasteiger charge is 2.11. The summed E-state index contributed by atoms with van der Waals surface area (Å²) >= 11 is 0. The Bertz CT molecular complexity index is 413. The molecule has 100 valence electrons. The van der Waals surface area contributed by atoms with Gasteiger partial charge in [0.25, 0.3) is 0 Å². The number of rotatable bonds is 5. The van der Waals surface area contributed by atoms with Gasteiger partial charge in [-0.1, -0.05) is 37.6 Å². The van der Waals surface area contributed by atoms with Gasteiger partial charge < -0.3 is 10.6 Å². The number of aryl methyl sites for hydroxylation is 2. The van der Waals surface area contributed by atoms with Crippen LogP contribution in [0, 0.1) is 13.8 Å². The average molecular weight is 248 g/mol. The third kappa shape index (κ3) is 4.49. The van der Waals surface area contributed by atoms with Crippen molar-refractivity contribution in [1.29, 1.82) is 0 Å². The Morgan fingerprint density at radius 3 is 2.50 bits per heavy atom. The van der Waals surface area contributed by atoms with Crippen LogP contribution in [0.4, 0.5) is 0 Å². The van der Waals surface area contributed by atoms with Crippen LogP contribution in [0.5, 0.6) is 0 Å². The van der Waals surface area contributed by atoms with Crippen LogP contribution < -0.4 is 10.6 Å². The first kappa shape index (κ1) is 14.7. The van der Waals surface area contributed by atoms with E-state index in [0.717, 1.165) is 0 Å². The third-order valence-electron chi connectivity index (χ3n) is 2.95. The third-order valence-corrected chi connectivity index (χ3v) is 2.95. The fourth-order valence-electron chi connectivity index (χ4n) is 1.89. The second kappa shape index (κ2) is 6.55. The highest BCUT2D eigenvalue weighted by molar-refractivity contribution is 5.78. The minimum Gasteiger partial charge on any atom is -0.348 e. The molecule has 1 rings (SSSR count). The molecule has 3 heteroatoms. The molecule has 0 radical (unpaired) electrons. The summed E-state index contributed by atoms with van der Waals surface area (Å²) in [4.78, 5) is 11.8. The lowest BCUT2D eigenvalue weighted by Crippen LogP contribution is -2.38. The van der Waals surface area contributed by atoms with E-state index in [0.29, 0.717) is 12.6 Å². The first-order valence-electron chi connectivity index (χ1n) is 6.50. The summed E-state index contributed by atoms with van der Waals surface area (Å²) in [6.07, 6.45) is 0. The minimum absolute atomic E-state index is 0.0390. The zero-order chi connectivity index (χ0) is 13.7. The molecule has 0 aliphatic rings. The van der Waals surface area contributed by atoms with Crippen molar-refractivity contribution in [2.45, 2.75) is 46.7 Å². The molecule has 0 aliphatic heterocycles. The highest BCUT2D eigenvalue weighted by Crippen LogP contribution is 2.18. The normalized spacial score (nSPS) is 12.6. The fourth-order valence-corrected chi connectivity index (χ4v) is 1.89. The predicted octanol–water partition coefficient (Wildman–Crippen LogP) is 2.48. The van der Waals surface area contributed by atoms with Crippen LogP contribution in [-0.4, -0.2) is 18.5 Å². The lowest BCUT2D eigenvalue weighted by Gasteiger charge is -2.18. The summed E-state index contributed by atoms with van der Waals surface area (Å²) in [7, 11) is 0. The Morgan fingerprint density at radius 2 is 1.89 bits per heavy atom. The monoisotopic (exact) mass is 248 g/mol. The molecule has 0 bridgehead atoms. The fraction of sp³-hybridized carbons (Fsp3) is 0.533. The SMILES string of the molecule is Cc1ccc(C)c(C(C)NC(=O)CNC(C)C)c1. The molecule has 1 atom stereocenters. The van der Waals surface area contributed by atoms with Crippen molar-refractivity contribution < 1.29 is 4.79 Å². The van der Waals surface area contributed by atoms with Gasteiger partial charge in [-0.05, 0) is 31.9 Å². The van der Waals surface area contributed by atoms with Gasteiger partial charge in [-0.2, -0.15) is 0 Å². The summed E-state index contributed by atoms with van der Waals surface area (Å²) in [5.74, 6) is 0.0390. The van der Waals surface area contributed by atoms with Crippen molar-refractivity contribution in [2.24, 2.45) is 0 Å². The van der Waals surface area contributed by atoms with E-state index in [1.54, 1.807) is 0 Å². The molecule has 1 aromatic carbocycles. The first-order chi connectivity index (χ1) is 8.40. The van der Waals surface area contributed by atoms with Crippen molar-refractivity contribution in [3.05, 3.63) is 34.9 Å². The molecule has 0 spiro atoms. The van der Waals surface area contributed by atoms with Crippen LogP contribution in [-0.2, 0) is 4.79 Å². The topological polar surface area (TPSA) is 41.1 Å². The second-order valence-electron chi connectivity index (χ2n) is 5.18. The van der Waals surface area contributed by atoms with E-state index in [9.17, 15) is 4.79 Å². The van der Waals surface area contributed by atoms with E-state index in [-0.39, 0.29) is 11.9 Å². The molecule has 1 amide bonds. The molecule has 3 nitrogen and oxygen atoms in total. The van der Waals surface area contributed by atoms with Crippen LogP contribution in [0.2, 0.25) is 0 Å². The van der Waals surface area contributed by atoms with Gasteiger partial charge in [0.1, 0.15) is 0 Å². The second-order valence-corrected chi connectivity index (χ2v) is 5.18. The average Bonchev–Trinajstić information content (AvgIpc) is 2.29. The van der Waals surface area contributed by atoms with Crippen molar-refractivity contribution in [3.63, 3.8) is 0 Å². The van der Waals surface area contributed by atoms with Crippen molar-refractivity contribution >= 4 is 5.91 Å². The van der Waals surface area contributed by atoms with E-state index in [2.05, 4.69) is 42.7 Å². The van der Waals surface area contributed by atoms with Crippen LogP contribution in [0.15, 0.2) is 18.2 Å². The summed E-state index contributed by atoms with van der Waals surface area (Å²) < 4.78 is 0. The molecular formula is C15H24N2O. The molecule has 0 aliphatic carbocycles. The number of amides is 1. The van der Waals surface area contributed by atoms with Crippen LogP contribution in [0.25, 0.3) is 0 Å². The Kier molecular flexibility index (Phi) is 5.35. The molecule has 18 heavy (non-hydrogen) atoms. The van der Waals surface area contributed by atoms with Crippen molar-refractivity contribution in [2.75, 3.05) is 6.54 Å². The van der Waals surface area contributed by atoms with Gasteiger partial charge in [-0.15, -0.1) is 0 Å². The first-order valence-corrected chi connectivity index (χ1v) is 6.50. The molecule has 0 heterocycles. The molecule has 0 saturated carbocycles. The molecule has 2 N–H and O–H groups in total.